The van der Waals surface area contributed by atoms with Gasteiger partial charge in [0.25, 0.3) is 0 Å². The minimum atomic E-state index is -0.438. The second kappa shape index (κ2) is 7.42. The van der Waals surface area contributed by atoms with Gasteiger partial charge in [0.05, 0.1) is 11.9 Å². The zero-order valence-electron chi connectivity index (χ0n) is 12.2. The zero-order valence-corrected chi connectivity index (χ0v) is 13.0. The maximum atomic E-state index is 12.0. The minimum absolute atomic E-state index is 0. The topological polar surface area (TPSA) is 86.4 Å². The first kappa shape index (κ1) is 16.5. The predicted octanol–water partition coefficient (Wildman–Crippen LogP) is 0.130. The average Bonchev–Trinajstić information content (AvgIpc) is 2.96. The Labute approximate surface area is 135 Å². The lowest BCUT2D eigenvalue weighted by molar-refractivity contribution is -0.122. The summed E-state index contributed by atoms with van der Waals surface area (Å²) in [5.41, 5.74) is 1.06. The Hall–Kier alpha value is -1.86. The van der Waals surface area contributed by atoms with E-state index in [9.17, 15) is 9.59 Å². The number of carbonyl (C=O) groups is 2. The summed E-state index contributed by atoms with van der Waals surface area (Å²) < 4.78 is 0. The SMILES string of the molecule is Cl.O=C1CC[C@H](C(=O)Nc2ccc(N3CCNCC3)cn2)N1. The summed E-state index contributed by atoms with van der Waals surface area (Å²) in [4.78, 5) is 29.6. The number of hydrogen-bond acceptors (Lipinski definition) is 5. The number of carbonyl (C=O) groups excluding carboxylic acids is 2. The van der Waals surface area contributed by atoms with E-state index >= 15 is 0 Å². The number of hydrogen-bond donors (Lipinski definition) is 3. The molecule has 120 valence electrons. The van der Waals surface area contributed by atoms with Gasteiger partial charge in [-0.1, -0.05) is 0 Å². The number of nitrogens with one attached hydrogen (secondary N) is 3. The summed E-state index contributed by atoms with van der Waals surface area (Å²) >= 11 is 0. The van der Waals surface area contributed by atoms with Crippen molar-refractivity contribution in [3.63, 3.8) is 0 Å². The Morgan fingerprint density at radius 2 is 2.09 bits per heavy atom. The molecule has 1 aromatic rings. The van der Waals surface area contributed by atoms with Crippen molar-refractivity contribution in [3.8, 4) is 0 Å². The molecule has 8 heteroatoms. The second-order valence-corrected chi connectivity index (χ2v) is 5.29. The lowest BCUT2D eigenvalue weighted by Crippen LogP contribution is -2.43. The van der Waals surface area contributed by atoms with Crippen LogP contribution in [0.5, 0.6) is 0 Å². The van der Waals surface area contributed by atoms with Gasteiger partial charge in [-0.3, -0.25) is 9.59 Å². The van der Waals surface area contributed by atoms with Crippen LogP contribution in [-0.2, 0) is 9.59 Å². The Morgan fingerprint density at radius 3 is 2.68 bits per heavy atom. The fourth-order valence-electron chi connectivity index (χ4n) is 2.59. The van der Waals surface area contributed by atoms with Crippen molar-refractivity contribution in [3.05, 3.63) is 18.3 Å². The van der Waals surface area contributed by atoms with Gasteiger partial charge in [-0.15, -0.1) is 12.4 Å². The standard InChI is InChI=1S/C14H19N5O2.ClH/c20-13-4-2-11(17-13)14(21)18-12-3-1-10(9-16-12)19-7-5-15-6-8-19;/h1,3,9,11,15H,2,4-8H2,(H,17,20)(H,16,18,21);1H/t11-;/m1./s1. The molecule has 0 aromatic carbocycles. The smallest absolute Gasteiger partial charge is 0.248 e. The van der Waals surface area contributed by atoms with Crippen LogP contribution < -0.4 is 20.9 Å². The highest BCUT2D eigenvalue weighted by Gasteiger charge is 2.27. The minimum Gasteiger partial charge on any atom is -0.368 e. The molecule has 7 nitrogen and oxygen atoms in total. The molecule has 0 radical (unpaired) electrons. The number of rotatable bonds is 3. The predicted molar refractivity (Wildman–Crippen MR) is 86.4 cm³/mol. The largest absolute Gasteiger partial charge is 0.368 e. The van der Waals surface area contributed by atoms with Crippen LogP contribution in [0.2, 0.25) is 0 Å². The lowest BCUT2D eigenvalue weighted by Gasteiger charge is -2.29. The summed E-state index contributed by atoms with van der Waals surface area (Å²) in [5.74, 6) is 0.237. The fraction of sp³-hybridized carbons (Fsp3) is 0.500. The van der Waals surface area contributed by atoms with E-state index < -0.39 is 6.04 Å². The maximum Gasteiger partial charge on any atom is 0.248 e. The molecule has 2 aliphatic rings. The van der Waals surface area contributed by atoms with Gasteiger partial charge in [-0.25, -0.2) is 4.98 Å². The number of halogens is 1. The van der Waals surface area contributed by atoms with Gasteiger partial charge in [-0.2, -0.15) is 0 Å². The summed E-state index contributed by atoms with van der Waals surface area (Å²) in [6.07, 6.45) is 2.73. The van der Waals surface area contributed by atoms with Crippen molar-refractivity contribution in [1.82, 2.24) is 15.6 Å². The molecule has 0 aliphatic carbocycles. The van der Waals surface area contributed by atoms with E-state index in [1.807, 2.05) is 6.07 Å². The summed E-state index contributed by atoms with van der Waals surface area (Å²) in [5, 5.41) is 8.69. The van der Waals surface area contributed by atoms with E-state index in [0.29, 0.717) is 18.7 Å². The van der Waals surface area contributed by atoms with E-state index in [1.54, 1.807) is 12.3 Å². The molecule has 22 heavy (non-hydrogen) atoms. The van der Waals surface area contributed by atoms with Crippen molar-refractivity contribution in [2.24, 2.45) is 0 Å². The number of amides is 2. The third kappa shape index (κ3) is 3.86. The highest BCUT2D eigenvalue weighted by atomic mass is 35.5. The first-order valence-corrected chi connectivity index (χ1v) is 7.24. The number of nitrogens with zero attached hydrogens (tertiary/aromatic N) is 2. The van der Waals surface area contributed by atoms with Crippen molar-refractivity contribution in [2.45, 2.75) is 18.9 Å². The quantitative estimate of drug-likeness (QED) is 0.735. The first-order valence-electron chi connectivity index (χ1n) is 7.24. The van der Waals surface area contributed by atoms with Crippen LogP contribution in [-0.4, -0.2) is 49.0 Å². The Balaban J connectivity index is 0.00000176. The van der Waals surface area contributed by atoms with Crippen molar-refractivity contribution >= 4 is 35.7 Å². The molecule has 2 fully saturated rings. The van der Waals surface area contributed by atoms with Crippen molar-refractivity contribution < 1.29 is 9.59 Å². The molecule has 0 saturated carbocycles. The molecule has 0 unspecified atom stereocenters. The van der Waals surface area contributed by atoms with Crippen molar-refractivity contribution in [1.29, 1.82) is 0 Å². The third-order valence-corrected chi connectivity index (χ3v) is 3.79. The van der Waals surface area contributed by atoms with E-state index in [-0.39, 0.29) is 24.2 Å². The van der Waals surface area contributed by atoms with E-state index in [2.05, 4.69) is 25.8 Å². The van der Waals surface area contributed by atoms with Gasteiger partial charge in [0.2, 0.25) is 11.8 Å². The molecule has 2 saturated heterocycles. The molecule has 3 heterocycles. The van der Waals surface area contributed by atoms with E-state index in [1.165, 1.54) is 0 Å². The molecular weight excluding hydrogens is 306 g/mol. The Kier molecular flexibility index (Phi) is 5.57. The number of aromatic nitrogens is 1. The van der Waals surface area contributed by atoms with Crippen LogP contribution in [0, 0.1) is 0 Å². The molecule has 1 aromatic heterocycles. The highest BCUT2D eigenvalue weighted by molar-refractivity contribution is 5.98. The molecular formula is C14H20ClN5O2. The summed E-state index contributed by atoms with van der Waals surface area (Å²) in [7, 11) is 0. The van der Waals surface area contributed by atoms with Crippen LogP contribution in [0.1, 0.15) is 12.8 Å². The first-order chi connectivity index (χ1) is 10.2. The van der Waals surface area contributed by atoms with Gasteiger partial charge >= 0.3 is 0 Å². The van der Waals surface area contributed by atoms with E-state index in [0.717, 1.165) is 31.9 Å². The second-order valence-electron chi connectivity index (χ2n) is 5.29. The molecule has 2 amide bonds. The van der Waals surface area contributed by atoms with Gasteiger partial charge < -0.3 is 20.9 Å². The van der Waals surface area contributed by atoms with Gasteiger partial charge in [0, 0.05) is 32.6 Å². The lowest BCUT2D eigenvalue weighted by atomic mass is 10.2. The average molecular weight is 326 g/mol. The monoisotopic (exact) mass is 325 g/mol. The van der Waals surface area contributed by atoms with Crippen LogP contribution in [0.4, 0.5) is 11.5 Å². The van der Waals surface area contributed by atoms with Gasteiger partial charge in [0.1, 0.15) is 11.9 Å². The number of anilines is 2. The van der Waals surface area contributed by atoms with Crippen LogP contribution >= 0.6 is 12.4 Å². The highest BCUT2D eigenvalue weighted by Crippen LogP contribution is 2.16. The van der Waals surface area contributed by atoms with Crippen LogP contribution in [0.25, 0.3) is 0 Å². The summed E-state index contributed by atoms with van der Waals surface area (Å²) in [6, 6.07) is 3.32. The summed E-state index contributed by atoms with van der Waals surface area (Å²) in [6.45, 7) is 3.86. The molecule has 0 spiro atoms. The zero-order chi connectivity index (χ0) is 14.7. The van der Waals surface area contributed by atoms with E-state index in [4.69, 9.17) is 0 Å². The molecule has 0 bridgehead atoms. The van der Waals surface area contributed by atoms with Gasteiger partial charge in [-0.05, 0) is 18.6 Å². The molecule has 3 N–H and O–H groups in total. The molecule has 3 rings (SSSR count). The third-order valence-electron chi connectivity index (χ3n) is 3.79. The molecule has 2 aliphatic heterocycles. The van der Waals surface area contributed by atoms with Crippen molar-refractivity contribution in [2.75, 3.05) is 36.4 Å². The Morgan fingerprint density at radius 1 is 1.32 bits per heavy atom. The number of piperazine rings is 1. The maximum absolute atomic E-state index is 12.0. The normalized spacial score (nSPS) is 21.0. The Bertz CT molecular complexity index is 531. The van der Waals surface area contributed by atoms with Crippen LogP contribution in [0.15, 0.2) is 18.3 Å². The number of pyridine rings is 1. The van der Waals surface area contributed by atoms with Gasteiger partial charge in [0.15, 0.2) is 0 Å². The van der Waals surface area contributed by atoms with Crippen LogP contribution in [0.3, 0.4) is 0 Å². The fourth-order valence-corrected chi connectivity index (χ4v) is 2.59. The molecule has 1 atom stereocenters.